The first-order valence-corrected chi connectivity index (χ1v) is 8.01. The highest BCUT2D eigenvalue weighted by atomic mass is 16.6. The lowest BCUT2D eigenvalue weighted by Gasteiger charge is -2.24. The zero-order chi connectivity index (χ0) is 16.3. The number of carboxylic acids is 1. The van der Waals surface area contributed by atoms with Gasteiger partial charge >= 0.3 is 5.97 Å². The number of aliphatic carboxylic acids is 1. The molecule has 0 aromatic heterocycles. The molecule has 21 heavy (non-hydrogen) atoms. The predicted molar refractivity (Wildman–Crippen MR) is 79.0 cm³/mol. The van der Waals surface area contributed by atoms with Gasteiger partial charge in [-0.3, -0.25) is 4.79 Å². The van der Waals surface area contributed by atoms with Crippen LogP contribution in [0.3, 0.4) is 0 Å². The summed E-state index contributed by atoms with van der Waals surface area (Å²) in [5, 5.41) is 11.0. The minimum Gasteiger partial charge on any atom is -0.549 e. The molecule has 3 N–H and O–H groups in total. The molecule has 5 nitrogen and oxygen atoms in total. The number of ether oxygens (including phenoxy) is 1. The lowest BCUT2D eigenvalue weighted by atomic mass is 10.00. The molecule has 0 amide bonds. The molecule has 0 saturated carbocycles. The zero-order valence-corrected chi connectivity index (χ0v) is 13.8. The number of carboxylic acid groups (broad SMARTS) is 1. The lowest BCUT2D eigenvalue weighted by Crippen LogP contribution is -2.50. The van der Waals surface area contributed by atoms with Gasteiger partial charge in [0.2, 0.25) is 0 Å². The Kier molecular flexibility index (Phi) is 10.0. The molecule has 0 aromatic carbocycles. The maximum Gasteiger partial charge on any atom is 0.315 e. The van der Waals surface area contributed by atoms with E-state index in [1.807, 2.05) is 0 Å². The molecule has 0 aliphatic rings. The van der Waals surface area contributed by atoms with Crippen LogP contribution in [0.5, 0.6) is 0 Å². The molecule has 1 atom stereocenters. The molecule has 0 aliphatic heterocycles. The van der Waals surface area contributed by atoms with Crippen LogP contribution in [0.4, 0.5) is 0 Å². The van der Waals surface area contributed by atoms with Gasteiger partial charge < -0.3 is 20.4 Å². The first-order chi connectivity index (χ1) is 9.78. The van der Waals surface area contributed by atoms with Crippen molar-refractivity contribution in [3.8, 4) is 0 Å². The number of hydrogen-bond donors (Lipinski definition) is 1. The monoisotopic (exact) mass is 301 g/mol. The van der Waals surface area contributed by atoms with Crippen molar-refractivity contribution in [3.63, 3.8) is 0 Å². The SMILES string of the molecule is CC(C)(C)OC(=O)[C@@H](CCCCCCCCC[NH3+])C(=O)[O-]. The largest absolute Gasteiger partial charge is 0.549 e. The van der Waals surface area contributed by atoms with Crippen LogP contribution in [0, 0.1) is 5.92 Å². The number of rotatable bonds is 11. The number of esters is 1. The fraction of sp³-hybridized carbons (Fsp3) is 0.875. The van der Waals surface area contributed by atoms with Crippen molar-refractivity contribution in [3.05, 3.63) is 0 Å². The van der Waals surface area contributed by atoms with Gasteiger partial charge in [-0.1, -0.05) is 32.1 Å². The molecule has 0 aliphatic carbocycles. The van der Waals surface area contributed by atoms with E-state index >= 15 is 0 Å². The van der Waals surface area contributed by atoms with Crippen LogP contribution in [0.1, 0.15) is 72.1 Å². The number of hydrogen-bond acceptors (Lipinski definition) is 4. The van der Waals surface area contributed by atoms with Gasteiger partial charge in [-0.05, 0) is 40.0 Å². The summed E-state index contributed by atoms with van der Waals surface area (Å²) in [5.41, 5.74) is 3.14. The second-order valence-corrected chi connectivity index (χ2v) is 6.52. The van der Waals surface area contributed by atoms with Gasteiger partial charge in [0.15, 0.2) is 0 Å². The average molecular weight is 301 g/mol. The lowest BCUT2D eigenvalue weighted by molar-refractivity contribution is -0.368. The van der Waals surface area contributed by atoms with Crippen molar-refractivity contribution < 1.29 is 25.2 Å². The van der Waals surface area contributed by atoms with Crippen LogP contribution in [0.15, 0.2) is 0 Å². The van der Waals surface area contributed by atoms with Crippen LogP contribution in [0.2, 0.25) is 0 Å². The van der Waals surface area contributed by atoms with Crippen molar-refractivity contribution in [1.29, 1.82) is 0 Å². The average Bonchev–Trinajstić information content (AvgIpc) is 2.34. The van der Waals surface area contributed by atoms with Crippen molar-refractivity contribution >= 4 is 11.9 Å². The van der Waals surface area contributed by atoms with Crippen molar-refractivity contribution in [2.45, 2.75) is 77.7 Å². The first-order valence-electron chi connectivity index (χ1n) is 8.01. The maximum atomic E-state index is 11.8. The van der Waals surface area contributed by atoms with E-state index in [0.29, 0.717) is 12.8 Å². The van der Waals surface area contributed by atoms with Crippen LogP contribution < -0.4 is 10.8 Å². The number of carbonyl (C=O) groups excluding carboxylic acids is 2. The van der Waals surface area contributed by atoms with Gasteiger partial charge in [-0.25, -0.2) is 0 Å². The third kappa shape index (κ3) is 11.3. The van der Waals surface area contributed by atoms with Crippen molar-refractivity contribution in [1.82, 2.24) is 0 Å². The minimum absolute atomic E-state index is 0.302. The fourth-order valence-electron chi connectivity index (χ4n) is 2.11. The van der Waals surface area contributed by atoms with Crippen molar-refractivity contribution in [2.24, 2.45) is 5.92 Å². The molecular formula is C16H31NO4. The van der Waals surface area contributed by atoms with Crippen molar-refractivity contribution in [2.75, 3.05) is 6.54 Å². The Labute approximate surface area is 128 Å². The Hall–Kier alpha value is -1.10. The highest BCUT2D eigenvalue weighted by molar-refractivity contribution is 5.93. The summed E-state index contributed by atoms with van der Waals surface area (Å²) in [6.07, 6.45) is 7.77. The Bertz CT molecular complexity index is 310. The second-order valence-electron chi connectivity index (χ2n) is 6.52. The van der Waals surface area contributed by atoms with Gasteiger partial charge in [0.05, 0.1) is 18.4 Å². The fourth-order valence-corrected chi connectivity index (χ4v) is 2.11. The van der Waals surface area contributed by atoms with E-state index in [1.165, 1.54) is 19.3 Å². The highest BCUT2D eigenvalue weighted by Gasteiger charge is 2.25. The number of quaternary nitrogens is 1. The molecule has 0 bridgehead atoms. The summed E-state index contributed by atoms with van der Waals surface area (Å²) < 4.78 is 5.12. The van der Waals surface area contributed by atoms with E-state index in [-0.39, 0.29) is 0 Å². The van der Waals surface area contributed by atoms with Gasteiger partial charge in [0.1, 0.15) is 5.60 Å². The summed E-state index contributed by atoms with van der Waals surface area (Å²) in [6, 6.07) is 0. The van der Waals surface area contributed by atoms with Crippen LogP contribution in [-0.4, -0.2) is 24.1 Å². The summed E-state index contributed by atoms with van der Waals surface area (Å²) in [4.78, 5) is 22.8. The molecule has 0 radical (unpaired) electrons. The maximum absolute atomic E-state index is 11.8. The van der Waals surface area contributed by atoms with Gasteiger partial charge in [0.25, 0.3) is 0 Å². The van der Waals surface area contributed by atoms with Crippen LogP contribution in [-0.2, 0) is 14.3 Å². The molecule has 0 rings (SSSR count). The Balaban J connectivity index is 3.91. The van der Waals surface area contributed by atoms with Gasteiger partial charge in [0, 0.05) is 0 Å². The Morgan fingerprint density at radius 3 is 1.90 bits per heavy atom. The van der Waals surface area contributed by atoms with Crippen LogP contribution in [0.25, 0.3) is 0 Å². The van der Waals surface area contributed by atoms with E-state index < -0.39 is 23.5 Å². The normalized spacial score (nSPS) is 13.0. The number of unbranched alkanes of at least 4 members (excludes halogenated alkanes) is 6. The predicted octanol–water partition coefficient (Wildman–Crippen LogP) is 1.06. The molecule has 0 unspecified atom stereocenters. The van der Waals surface area contributed by atoms with E-state index in [0.717, 1.165) is 25.8 Å². The van der Waals surface area contributed by atoms with E-state index in [9.17, 15) is 14.7 Å². The summed E-state index contributed by atoms with van der Waals surface area (Å²) >= 11 is 0. The molecule has 0 fully saturated rings. The molecule has 0 heterocycles. The zero-order valence-electron chi connectivity index (χ0n) is 13.8. The first kappa shape index (κ1) is 19.9. The molecule has 124 valence electrons. The summed E-state index contributed by atoms with van der Waals surface area (Å²) in [5.74, 6) is -3.16. The summed E-state index contributed by atoms with van der Waals surface area (Å²) in [7, 11) is 0. The van der Waals surface area contributed by atoms with Gasteiger partial charge in [-0.2, -0.15) is 0 Å². The molecule has 0 aromatic rings. The third-order valence-corrected chi connectivity index (χ3v) is 3.22. The standard InChI is InChI=1S/C16H31NO4/c1-16(2,3)21-15(20)13(14(18)19)11-9-7-5-4-6-8-10-12-17/h13H,4-12,17H2,1-3H3,(H,18,19)/t13-/m0/s1. The smallest absolute Gasteiger partial charge is 0.315 e. The Morgan fingerprint density at radius 2 is 1.48 bits per heavy atom. The number of carbonyl (C=O) groups is 2. The van der Waals surface area contributed by atoms with E-state index in [2.05, 4.69) is 5.73 Å². The Morgan fingerprint density at radius 1 is 1.00 bits per heavy atom. The van der Waals surface area contributed by atoms with Crippen LogP contribution >= 0.6 is 0 Å². The third-order valence-electron chi connectivity index (χ3n) is 3.22. The van der Waals surface area contributed by atoms with E-state index in [4.69, 9.17) is 4.74 Å². The molecule has 0 saturated heterocycles. The highest BCUT2D eigenvalue weighted by Crippen LogP contribution is 2.17. The quantitative estimate of drug-likeness (QED) is 0.351. The minimum atomic E-state index is -1.33. The molecule has 5 heteroatoms. The molecular weight excluding hydrogens is 270 g/mol. The summed E-state index contributed by atoms with van der Waals surface area (Å²) in [6.45, 7) is 6.17. The second kappa shape index (κ2) is 10.6. The van der Waals surface area contributed by atoms with E-state index in [1.54, 1.807) is 20.8 Å². The topological polar surface area (TPSA) is 94.1 Å². The molecule has 0 spiro atoms. The van der Waals surface area contributed by atoms with Gasteiger partial charge in [-0.15, -0.1) is 0 Å².